The van der Waals surface area contributed by atoms with Gasteiger partial charge in [0, 0.05) is 29.3 Å². The first-order chi connectivity index (χ1) is 12.2. The molecule has 1 aliphatic heterocycles. The SMILES string of the molecule is CC1=C(c2c(C)c3ncnc(C)c3n2CCNC(=O)C(F)(F)F)SCC1. The van der Waals surface area contributed by atoms with Gasteiger partial charge >= 0.3 is 12.1 Å². The molecule has 1 amide bonds. The predicted molar refractivity (Wildman–Crippen MR) is 95.7 cm³/mol. The molecule has 0 atom stereocenters. The Bertz CT molecular complexity index is 902. The first-order valence-corrected chi connectivity index (χ1v) is 9.18. The smallest absolute Gasteiger partial charge is 0.346 e. The van der Waals surface area contributed by atoms with Gasteiger partial charge in [0.2, 0.25) is 0 Å². The van der Waals surface area contributed by atoms with Crippen LogP contribution in [0.3, 0.4) is 0 Å². The topological polar surface area (TPSA) is 59.8 Å². The van der Waals surface area contributed by atoms with Gasteiger partial charge < -0.3 is 9.88 Å². The van der Waals surface area contributed by atoms with Crippen LogP contribution in [0.1, 0.15) is 30.3 Å². The highest BCUT2D eigenvalue weighted by Crippen LogP contribution is 2.42. The molecule has 0 aliphatic carbocycles. The molecule has 0 saturated heterocycles. The van der Waals surface area contributed by atoms with Gasteiger partial charge in [-0.05, 0) is 27.2 Å². The molecule has 0 saturated carbocycles. The van der Waals surface area contributed by atoms with Crippen LogP contribution < -0.4 is 5.32 Å². The third-order valence-corrected chi connectivity index (χ3v) is 5.70. The maximum atomic E-state index is 12.4. The van der Waals surface area contributed by atoms with Crippen LogP contribution >= 0.6 is 11.8 Å². The number of carbonyl (C=O) groups is 1. The summed E-state index contributed by atoms with van der Waals surface area (Å²) in [6.07, 6.45) is -2.40. The fourth-order valence-corrected chi connectivity index (χ4v) is 4.56. The minimum atomic E-state index is -4.88. The average Bonchev–Trinajstić information content (AvgIpc) is 3.09. The number of rotatable bonds is 4. The Morgan fingerprint density at radius 1 is 1.31 bits per heavy atom. The van der Waals surface area contributed by atoms with Gasteiger partial charge in [0.05, 0.1) is 22.4 Å². The van der Waals surface area contributed by atoms with Gasteiger partial charge in [-0.1, -0.05) is 5.57 Å². The summed E-state index contributed by atoms with van der Waals surface area (Å²) in [6, 6.07) is 0. The number of allylic oxidation sites excluding steroid dienone is 1. The molecule has 9 heteroatoms. The minimum Gasteiger partial charge on any atom is -0.346 e. The Morgan fingerprint density at radius 2 is 2.04 bits per heavy atom. The van der Waals surface area contributed by atoms with Crippen LogP contribution in [0.5, 0.6) is 0 Å². The van der Waals surface area contributed by atoms with Gasteiger partial charge in [0.25, 0.3) is 0 Å². The van der Waals surface area contributed by atoms with Crippen molar-refractivity contribution in [3.8, 4) is 0 Å². The highest BCUT2D eigenvalue weighted by molar-refractivity contribution is 8.08. The Balaban J connectivity index is 2.02. The highest BCUT2D eigenvalue weighted by atomic mass is 32.2. The van der Waals surface area contributed by atoms with Crippen molar-refractivity contribution in [3.05, 3.63) is 28.9 Å². The molecule has 0 bridgehead atoms. The standard InChI is InChI=1S/C17H19F3N4OS/c1-9-4-7-26-15(9)13-10(2)12-14(11(3)22-8-23-12)24(13)6-5-21-16(25)17(18,19)20/h8H,4-7H2,1-3H3,(H,21,25). The van der Waals surface area contributed by atoms with E-state index in [4.69, 9.17) is 0 Å². The fraction of sp³-hybridized carbons (Fsp3) is 0.471. The number of aryl methyl sites for hydroxylation is 2. The quantitative estimate of drug-likeness (QED) is 0.875. The van der Waals surface area contributed by atoms with Crippen LogP contribution in [0.2, 0.25) is 0 Å². The largest absolute Gasteiger partial charge is 0.471 e. The summed E-state index contributed by atoms with van der Waals surface area (Å²) < 4.78 is 39.2. The molecule has 140 valence electrons. The molecule has 0 aromatic carbocycles. The number of thioether (sulfide) groups is 1. The molecular formula is C17H19F3N4OS. The molecular weight excluding hydrogens is 365 g/mol. The molecule has 2 aromatic heterocycles. The number of nitrogens with zero attached hydrogens (tertiary/aromatic N) is 3. The lowest BCUT2D eigenvalue weighted by atomic mass is 10.1. The van der Waals surface area contributed by atoms with E-state index < -0.39 is 12.1 Å². The third kappa shape index (κ3) is 3.32. The monoisotopic (exact) mass is 384 g/mol. The van der Waals surface area contributed by atoms with Crippen LogP contribution in [-0.2, 0) is 11.3 Å². The summed E-state index contributed by atoms with van der Waals surface area (Å²) in [7, 11) is 0. The normalized spacial score (nSPS) is 15.2. The van der Waals surface area contributed by atoms with Crippen molar-refractivity contribution < 1.29 is 18.0 Å². The molecule has 26 heavy (non-hydrogen) atoms. The van der Waals surface area contributed by atoms with Gasteiger partial charge in [-0.2, -0.15) is 13.2 Å². The summed E-state index contributed by atoms with van der Waals surface area (Å²) in [5.74, 6) is -0.941. The zero-order chi connectivity index (χ0) is 19.1. The molecule has 0 fully saturated rings. The molecule has 3 rings (SSSR count). The second kappa shape index (κ2) is 6.94. The maximum Gasteiger partial charge on any atom is 0.471 e. The Labute approximate surface area is 153 Å². The van der Waals surface area contributed by atoms with Gasteiger partial charge in [-0.15, -0.1) is 11.8 Å². The third-order valence-electron chi connectivity index (χ3n) is 4.46. The number of amides is 1. The predicted octanol–water partition coefficient (Wildman–Crippen LogP) is 3.59. The van der Waals surface area contributed by atoms with Crippen molar-refractivity contribution in [2.24, 2.45) is 0 Å². The van der Waals surface area contributed by atoms with E-state index in [-0.39, 0.29) is 13.1 Å². The summed E-state index contributed by atoms with van der Waals surface area (Å²) in [4.78, 5) is 20.8. The number of fused-ring (bicyclic) bond motifs is 1. The van der Waals surface area contributed by atoms with E-state index in [9.17, 15) is 18.0 Å². The molecule has 0 radical (unpaired) electrons. The van der Waals surface area contributed by atoms with Crippen molar-refractivity contribution in [2.75, 3.05) is 12.3 Å². The zero-order valence-electron chi connectivity index (χ0n) is 14.7. The first-order valence-electron chi connectivity index (χ1n) is 8.20. The lowest BCUT2D eigenvalue weighted by Crippen LogP contribution is -2.38. The second-order valence-corrected chi connectivity index (χ2v) is 7.35. The number of alkyl halides is 3. The molecule has 1 N–H and O–H groups in total. The Kier molecular flexibility index (Phi) is 5.01. The molecule has 1 aliphatic rings. The number of nitrogens with one attached hydrogen (secondary N) is 1. The summed E-state index contributed by atoms with van der Waals surface area (Å²) >= 11 is 1.74. The summed E-state index contributed by atoms with van der Waals surface area (Å²) in [5.41, 5.74) is 5.55. The average molecular weight is 384 g/mol. The van der Waals surface area contributed by atoms with E-state index >= 15 is 0 Å². The molecule has 3 heterocycles. The molecule has 0 spiro atoms. The van der Waals surface area contributed by atoms with E-state index in [1.165, 1.54) is 11.9 Å². The fourth-order valence-electron chi connectivity index (χ4n) is 3.20. The van der Waals surface area contributed by atoms with Crippen molar-refractivity contribution in [3.63, 3.8) is 0 Å². The zero-order valence-corrected chi connectivity index (χ0v) is 15.5. The van der Waals surface area contributed by atoms with Crippen molar-refractivity contribution in [1.29, 1.82) is 0 Å². The van der Waals surface area contributed by atoms with Crippen molar-refractivity contribution >= 4 is 33.6 Å². The van der Waals surface area contributed by atoms with E-state index in [1.807, 2.05) is 23.7 Å². The summed E-state index contributed by atoms with van der Waals surface area (Å²) in [6.45, 7) is 5.98. The number of carbonyl (C=O) groups excluding carboxylic acids is 1. The van der Waals surface area contributed by atoms with E-state index in [1.54, 1.807) is 11.8 Å². The second-order valence-electron chi connectivity index (χ2n) is 6.24. The maximum absolute atomic E-state index is 12.4. The van der Waals surface area contributed by atoms with E-state index in [0.717, 1.165) is 45.1 Å². The summed E-state index contributed by atoms with van der Waals surface area (Å²) in [5, 5.41) is 1.95. The van der Waals surface area contributed by atoms with Crippen LogP contribution in [0.4, 0.5) is 13.2 Å². The lowest BCUT2D eigenvalue weighted by molar-refractivity contribution is -0.173. The van der Waals surface area contributed by atoms with Crippen LogP contribution in [-0.4, -0.2) is 38.9 Å². The molecule has 0 unspecified atom stereocenters. The highest BCUT2D eigenvalue weighted by Gasteiger charge is 2.38. The van der Waals surface area contributed by atoms with Crippen LogP contribution in [0.15, 0.2) is 11.9 Å². The number of halogens is 3. The molecule has 5 nitrogen and oxygen atoms in total. The van der Waals surface area contributed by atoms with Gasteiger partial charge in [0.15, 0.2) is 0 Å². The van der Waals surface area contributed by atoms with Crippen LogP contribution in [0, 0.1) is 13.8 Å². The van der Waals surface area contributed by atoms with E-state index in [0.29, 0.717) is 0 Å². The van der Waals surface area contributed by atoms with Crippen molar-refractivity contribution in [2.45, 2.75) is 39.9 Å². The number of hydrogen-bond acceptors (Lipinski definition) is 4. The van der Waals surface area contributed by atoms with Gasteiger partial charge in [0.1, 0.15) is 6.33 Å². The first kappa shape index (κ1) is 18.8. The number of aromatic nitrogens is 3. The van der Waals surface area contributed by atoms with Crippen molar-refractivity contribution in [1.82, 2.24) is 19.9 Å². The van der Waals surface area contributed by atoms with Crippen LogP contribution in [0.25, 0.3) is 15.9 Å². The minimum absolute atomic E-state index is 0.125. The van der Waals surface area contributed by atoms with Gasteiger partial charge in [-0.25, -0.2) is 9.97 Å². The Hall–Kier alpha value is -2.03. The van der Waals surface area contributed by atoms with E-state index in [2.05, 4.69) is 16.9 Å². The Morgan fingerprint density at radius 3 is 2.65 bits per heavy atom. The lowest BCUT2D eigenvalue weighted by Gasteiger charge is -2.14. The molecule has 2 aromatic rings. The van der Waals surface area contributed by atoms with Gasteiger partial charge in [-0.3, -0.25) is 4.79 Å². The number of hydrogen-bond donors (Lipinski definition) is 1.